The van der Waals surface area contributed by atoms with Crippen LogP contribution in [0.3, 0.4) is 0 Å². The summed E-state index contributed by atoms with van der Waals surface area (Å²) in [4.78, 5) is 29.2. The standard InChI is InChI=1S/C26H23F3N4O3S/c27-26(28,29)36-13-15-9-14(5-7-30-15)11-33-12-18(16-3-1-2-4-20(16)33)22-21(24(34)32-25(22)35)17-10-31-19-6-8-37-23(17)19/h1-4,6,8,10,12,14-15,30-31H,5,7,9,11,13H2,(H,32,34,35). The number of nitrogens with zero attached hydrogens (tertiary/aromatic N) is 1. The second kappa shape index (κ2) is 9.16. The van der Waals surface area contributed by atoms with Crippen LogP contribution in [-0.2, 0) is 20.9 Å². The lowest BCUT2D eigenvalue weighted by Crippen LogP contribution is -2.43. The number of H-pyrrole nitrogens is 1. The number of aromatic nitrogens is 2. The molecule has 1 saturated heterocycles. The highest BCUT2D eigenvalue weighted by atomic mass is 32.1. The number of imide groups is 1. The summed E-state index contributed by atoms with van der Waals surface area (Å²) in [5.41, 5.74) is 3.81. The number of hydrogen-bond acceptors (Lipinski definition) is 5. The fourth-order valence-electron chi connectivity index (χ4n) is 5.46. The van der Waals surface area contributed by atoms with Crippen LogP contribution in [-0.4, -0.2) is 46.9 Å². The Labute approximate surface area is 213 Å². The first-order valence-electron chi connectivity index (χ1n) is 12.0. The van der Waals surface area contributed by atoms with Gasteiger partial charge in [-0.1, -0.05) is 18.2 Å². The van der Waals surface area contributed by atoms with Crippen LogP contribution in [0.5, 0.6) is 0 Å². The van der Waals surface area contributed by atoms with Crippen LogP contribution >= 0.6 is 11.3 Å². The zero-order valence-corrected chi connectivity index (χ0v) is 20.3. The summed E-state index contributed by atoms with van der Waals surface area (Å²) < 4.78 is 44.6. The minimum Gasteiger partial charge on any atom is -0.360 e. The summed E-state index contributed by atoms with van der Waals surface area (Å²) in [6.07, 6.45) is 0.326. The smallest absolute Gasteiger partial charge is 0.360 e. The Balaban J connectivity index is 1.37. The van der Waals surface area contributed by atoms with E-state index in [4.69, 9.17) is 0 Å². The molecular formula is C26H23F3N4O3S. The molecule has 0 aliphatic carbocycles. The Hall–Kier alpha value is -3.41. The molecule has 2 unspecified atom stereocenters. The molecule has 3 N–H and O–H groups in total. The number of piperidine rings is 1. The average Bonchev–Trinajstić information content (AvgIpc) is 3.61. The number of thiophene rings is 1. The first kappa shape index (κ1) is 24.0. The van der Waals surface area contributed by atoms with E-state index in [0.717, 1.165) is 27.5 Å². The fraction of sp³-hybridized carbons (Fsp3) is 0.308. The Kier molecular flexibility index (Phi) is 5.93. The summed E-state index contributed by atoms with van der Waals surface area (Å²) in [7, 11) is 0. The van der Waals surface area contributed by atoms with Gasteiger partial charge < -0.3 is 14.9 Å². The number of alkyl halides is 3. The highest BCUT2D eigenvalue weighted by molar-refractivity contribution is 7.17. The summed E-state index contributed by atoms with van der Waals surface area (Å²) in [5, 5.41) is 8.33. The van der Waals surface area contributed by atoms with Gasteiger partial charge in [-0.05, 0) is 42.8 Å². The molecule has 6 rings (SSSR count). The van der Waals surface area contributed by atoms with Gasteiger partial charge in [0, 0.05) is 47.0 Å². The van der Waals surface area contributed by atoms with Crippen molar-refractivity contribution in [2.45, 2.75) is 31.8 Å². The fourth-order valence-corrected chi connectivity index (χ4v) is 6.34. The number of fused-ring (bicyclic) bond motifs is 2. The van der Waals surface area contributed by atoms with E-state index in [1.54, 1.807) is 6.20 Å². The van der Waals surface area contributed by atoms with Crippen LogP contribution in [0.25, 0.3) is 32.3 Å². The summed E-state index contributed by atoms with van der Waals surface area (Å²) in [5.74, 6) is -0.758. The maximum Gasteiger partial charge on any atom is 0.522 e. The minimum absolute atomic E-state index is 0.120. The number of halogens is 3. The van der Waals surface area contributed by atoms with Crippen LogP contribution in [0.1, 0.15) is 24.0 Å². The van der Waals surface area contributed by atoms with Gasteiger partial charge in [-0.3, -0.25) is 19.6 Å². The van der Waals surface area contributed by atoms with Crippen molar-refractivity contribution in [1.82, 2.24) is 20.2 Å². The van der Waals surface area contributed by atoms with Crippen LogP contribution < -0.4 is 10.6 Å². The zero-order chi connectivity index (χ0) is 25.7. The van der Waals surface area contributed by atoms with Gasteiger partial charge >= 0.3 is 6.36 Å². The number of benzene rings is 1. The number of para-hydroxylation sites is 1. The van der Waals surface area contributed by atoms with Crippen molar-refractivity contribution in [2.24, 2.45) is 5.92 Å². The Morgan fingerprint density at radius 2 is 1.86 bits per heavy atom. The van der Waals surface area contributed by atoms with E-state index < -0.39 is 30.8 Å². The number of rotatable bonds is 6. The van der Waals surface area contributed by atoms with E-state index in [-0.39, 0.29) is 5.92 Å². The quantitative estimate of drug-likeness (QED) is 0.318. The molecule has 5 heterocycles. The number of ether oxygens (including phenoxy) is 1. The van der Waals surface area contributed by atoms with Gasteiger partial charge in [-0.2, -0.15) is 0 Å². The molecule has 2 amide bonds. The van der Waals surface area contributed by atoms with Crippen molar-refractivity contribution in [3.8, 4) is 0 Å². The molecule has 2 atom stereocenters. The van der Waals surface area contributed by atoms with E-state index in [1.807, 2.05) is 46.5 Å². The van der Waals surface area contributed by atoms with E-state index in [9.17, 15) is 22.8 Å². The second-order valence-electron chi connectivity index (χ2n) is 9.41. The number of amides is 2. The molecule has 1 fully saturated rings. The third-order valence-electron chi connectivity index (χ3n) is 7.05. The average molecular weight is 529 g/mol. The number of nitrogens with one attached hydrogen (secondary N) is 3. The van der Waals surface area contributed by atoms with Crippen LogP contribution in [0, 0.1) is 5.92 Å². The monoisotopic (exact) mass is 528 g/mol. The van der Waals surface area contributed by atoms with Crippen molar-refractivity contribution in [3.05, 3.63) is 59.2 Å². The highest BCUT2D eigenvalue weighted by Gasteiger charge is 2.36. The van der Waals surface area contributed by atoms with Crippen molar-refractivity contribution in [2.75, 3.05) is 13.2 Å². The van der Waals surface area contributed by atoms with Gasteiger partial charge in [-0.25, -0.2) is 0 Å². The topological polar surface area (TPSA) is 88.2 Å². The molecule has 2 aliphatic rings. The van der Waals surface area contributed by atoms with Crippen LogP contribution in [0.15, 0.2) is 48.1 Å². The molecule has 1 aromatic carbocycles. The molecule has 192 valence electrons. The van der Waals surface area contributed by atoms with Gasteiger partial charge in [0.1, 0.15) is 0 Å². The van der Waals surface area contributed by atoms with Gasteiger partial charge in [0.25, 0.3) is 11.8 Å². The molecule has 11 heteroatoms. The lowest BCUT2D eigenvalue weighted by Gasteiger charge is -2.30. The Morgan fingerprint density at radius 1 is 1.08 bits per heavy atom. The molecule has 2 aliphatic heterocycles. The van der Waals surface area contributed by atoms with Gasteiger partial charge in [0.05, 0.1) is 28.0 Å². The molecule has 4 aromatic rings. The molecule has 3 aromatic heterocycles. The molecule has 0 spiro atoms. The van der Waals surface area contributed by atoms with E-state index in [1.165, 1.54) is 11.3 Å². The van der Waals surface area contributed by atoms with Crippen LogP contribution in [0.2, 0.25) is 0 Å². The first-order chi connectivity index (χ1) is 17.8. The zero-order valence-electron chi connectivity index (χ0n) is 19.5. The van der Waals surface area contributed by atoms with Crippen molar-refractivity contribution < 1.29 is 27.5 Å². The van der Waals surface area contributed by atoms with Crippen molar-refractivity contribution in [1.29, 1.82) is 0 Å². The largest absolute Gasteiger partial charge is 0.522 e. The summed E-state index contributed by atoms with van der Waals surface area (Å²) >= 11 is 1.50. The minimum atomic E-state index is -4.65. The molecule has 37 heavy (non-hydrogen) atoms. The van der Waals surface area contributed by atoms with Gasteiger partial charge in [-0.15, -0.1) is 24.5 Å². The first-order valence-corrected chi connectivity index (χ1v) is 12.8. The predicted molar refractivity (Wildman–Crippen MR) is 135 cm³/mol. The van der Waals surface area contributed by atoms with Gasteiger partial charge in [0.2, 0.25) is 0 Å². The number of aromatic amines is 1. The van der Waals surface area contributed by atoms with Gasteiger partial charge in [0.15, 0.2) is 0 Å². The maximum atomic E-state index is 13.1. The lowest BCUT2D eigenvalue weighted by molar-refractivity contribution is -0.326. The maximum absolute atomic E-state index is 13.1. The number of carbonyl (C=O) groups excluding carboxylic acids is 2. The molecule has 0 radical (unpaired) electrons. The Bertz CT molecular complexity index is 1550. The number of carbonyl (C=O) groups is 2. The van der Waals surface area contributed by atoms with Crippen molar-refractivity contribution in [3.63, 3.8) is 0 Å². The predicted octanol–water partition coefficient (Wildman–Crippen LogP) is 4.66. The van der Waals surface area contributed by atoms with Crippen molar-refractivity contribution >= 4 is 55.4 Å². The highest BCUT2D eigenvalue weighted by Crippen LogP contribution is 2.39. The lowest BCUT2D eigenvalue weighted by atomic mass is 9.92. The summed E-state index contributed by atoms with van der Waals surface area (Å²) in [6.45, 7) is 0.741. The number of hydrogen-bond donors (Lipinski definition) is 3. The molecule has 0 bridgehead atoms. The second-order valence-corrected chi connectivity index (χ2v) is 10.3. The third kappa shape index (κ3) is 4.47. The SMILES string of the molecule is O=C1NC(=O)C(c2c[nH]c3ccsc23)=C1c1cn(CC2CCNC(COC(F)(F)F)C2)c2ccccc12. The van der Waals surface area contributed by atoms with E-state index >= 15 is 0 Å². The third-order valence-corrected chi connectivity index (χ3v) is 7.99. The Morgan fingerprint density at radius 3 is 2.68 bits per heavy atom. The molecular weight excluding hydrogens is 505 g/mol. The van der Waals surface area contributed by atoms with Crippen LogP contribution in [0.4, 0.5) is 13.2 Å². The molecule has 0 saturated carbocycles. The van der Waals surface area contributed by atoms with E-state index in [2.05, 4.69) is 20.4 Å². The normalized spacial score (nSPS) is 20.9. The van der Waals surface area contributed by atoms with E-state index in [0.29, 0.717) is 41.8 Å². The molecule has 7 nitrogen and oxygen atoms in total. The summed E-state index contributed by atoms with van der Waals surface area (Å²) in [6, 6.07) is 9.19.